The lowest BCUT2D eigenvalue weighted by Crippen LogP contribution is -2.31. The maximum Gasteiger partial charge on any atom is 0.335 e. The van der Waals surface area contributed by atoms with E-state index in [9.17, 15) is 19.2 Å². The van der Waals surface area contributed by atoms with E-state index in [0.29, 0.717) is 49.0 Å². The average molecular weight is 394 g/mol. The molecule has 0 unspecified atom stereocenters. The van der Waals surface area contributed by atoms with Gasteiger partial charge in [0.2, 0.25) is 5.91 Å². The number of rotatable bonds is 9. The van der Waals surface area contributed by atoms with E-state index in [1.165, 1.54) is 11.0 Å². The van der Waals surface area contributed by atoms with Crippen LogP contribution in [0.1, 0.15) is 55.9 Å². The number of fused-ring (bicyclic) bond motifs is 1. The quantitative estimate of drug-likeness (QED) is 0.502. The molecule has 2 N–H and O–H groups in total. The maximum atomic E-state index is 12.3. The highest BCUT2D eigenvalue weighted by Gasteiger charge is 2.34. The van der Waals surface area contributed by atoms with Crippen molar-refractivity contribution in [1.82, 2.24) is 10.2 Å². The first-order valence-corrected chi connectivity index (χ1v) is 9.52. The minimum atomic E-state index is -1.01. The summed E-state index contributed by atoms with van der Waals surface area (Å²) in [5.74, 6) is -1.71. The van der Waals surface area contributed by atoms with Crippen LogP contribution in [0.2, 0.25) is 0 Å². The smallest absolute Gasteiger partial charge is 0.335 e. The predicted molar refractivity (Wildman–Crippen MR) is 106 cm³/mol. The molecular formula is C22H22N2O5. The van der Waals surface area contributed by atoms with Gasteiger partial charge in [0.1, 0.15) is 0 Å². The number of aryl methyl sites for hydroxylation is 1. The maximum absolute atomic E-state index is 12.3. The first kappa shape index (κ1) is 20.3. The van der Waals surface area contributed by atoms with Crippen molar-refractivity contribution in [3.05, 3.63) is 70.8 Å². The Morgan fingerprint density at radius 3 is 2.17 bits per heavy atom. The number of nitrogens with zero attached hydrogens (tertiary/aromatic N) is 1. The van der Waals surface area contributed by atoms with Crippen LogP contribution in [-0.2, 0) is 11.2 Å². The number of carboxylic acids is 1. The SMILES string of the molecule is O=C(CCc1ccccc1C(=O)O)NCCCCN1C(=O)c2ccccc2C1=O. The summed E-state index contributed by atoms with van der Waals surface area (Å²) in [5.41, 5.74) is 1.71. The van der Waals surface area contributed by atoms with E-state index in [1.807, 2.05) is 0 Å². The van der Waals surface area contributed by atoms with Crippen LogP contribution in [0.3, 0.4) is 0 Å². The molecule has 7 heteroatoms. The summed E-state index contributed by atoms with van der Waals surface area (Å²) in [5, 5.41) is 12.0. The molecule has 0 spiro atoms. The summed E-state index contributed by atoms with van der Waals surface area (Å²) in [4.78, 5) is 49.0. The van der Waals surface area contributed by atoms with Crippen molar-refractivity contribution in [2.24, 2.45) is 0 Å². The molecule has 0 aromatic heterocycles. The Labute approximate surface area is 168 Å². The van der Waals surface area contributed by atoms with Gasteiger partial charge in [0, 0.05) is 19.5 Å². The van der Waals surface area contributed by atoms with Gasteiger partial charge in [0.25, 0.3) is 11.8 Å². The molecular weight excluding hydrogens is 372 g/mol. The number of imide groups is 1. The summed E-state index contributed by atoms with van der Waals surface area (Å²) in [6, 6.07) is 13.4. The average Bonchev–Trinajstić information content (AvgIpc) is 2.97. The van der Waals surface area contributed by atoms with E-state index in [2.05, 4.69) is 5.32 Å². The van der Waals surface area contributed by atoms with Crippen LogP contribution in [0, 0.1) is 0 Å². The minimum absolute atomic E-state index is 0.161. The highest BCUT2D eigenvalue weighted by molar-refractivity contribution is 6.21. The topological polar surface area (TPSA) is 104 Å². The van der Waals surface area contributed by atoms with E-state index in [-0.39, 0.29) is 29.7 Å². The van der Waals surface area contributed by atoms with E-state index in [0.717, 1.165) is 0 Å². The fourth-order valence-corrected chi connectivity index (χ4v) is 3.35. The molecule has 1 aliphatic rings. The number of aromatic carboxylic acids is 1. The Kier molecular flexibility index (Phi) is 6.39. The van der Waals surface area contributed by atoms with Gasteiger partial charge < -0.3 is 10.4 Å². The number of carboxylic acid groups (broad SMARTS) is 1. The molecule has 0 aliphatic carbocycles. The summed E-state index contributed by atoms with van der Waals surface area (Å²) in [6.07, 6.45) is 1.77. The zero-order valence-electron chi connectivity index (χ0n) is 15.9. The fraction of sp³-hybridized carbons (Fsp3) is 0.273. The number of benzene rings is 2. The van der Waals surface area contributed by atoms with E-state index < -0.39 is 5.97 Å². The predicted octanol–water partition coefficient (Wildman–Crippen LogP) is 2.51. The van der Waals surface area contributed by atoms with Crippen LogP contribution in [0.4, 0.5) is 0 Å². The second-order valence-corrected chi connectivity index (χ2v) is 6.83. The molecule has 0 radical (unpaired) electrons. The van der Waals surface area contributed by atoms with Crippen molar-refractivity contribution in [2.45, 2.75) is 25.7 Å². The fourth-order valence-electron chi connectivity index (χ4n) is 3.35. The highest BCUT2D eigenvalue weighted by Crippen LogP contribution is 2.22. The Bertz CT molecular complexity index is 919. The first-order valence-electron chi connectivity index (χ1n) is 9.52. The van der Waals surface area contributed by atoms with E-state index in [4.69, 9.17) is 5.11 Å². The van der Waals surface area contributed by atoms with Crippen LogP contribution in [0.5, 0.6) is 0 Å². The third-order valence-corrected chi connectivity index (χ3v) is 4.88. The van der Waals surface area contributed by atoms with Crippen molar-refractivity contribution in [1.29, 1.82) is 0 Å². The third-order valence-electron chi connectivity index (χ3n) is 4.88. The van der Waals surface area contributed by atoms with Crippen molar-refractivity contribution >= 4 is 23.7 Å². The Morgan fingerprint density at radius 1 is 0.897 bits per heavy atom. The van der Waals surface area contributed by atoms with Crippen LogP contribution in [0.25, 0.3) is 0 Å². The second kappa shape index (κ2) is 9.14. The van der Waals surface area contributed by atoms with E-state index in [1.54, 1.807) is 42.5 Å². The zero-order chi connectivity index (χ0) is 20.8. The molecule has 0 fully saturated rings. The number of nitrogens with one attached hydrogen (secondary N) is 1. The number of carbonyl (C=O) groups is 4. The van der Waals surface area contributed by atoms with Crippen molar-refractivity contribution < 1.29 is 24.3 Å². The molecule has 3 rings (SSSR count). The van der Waals surface area contributed by atoms with Gasteiger partial charge >= 0.3 is 5.97 Å². The number of hydrogen-bond acceptors (Lipinski definition) is 4. The molecule has 1 heterocycles. The van der Waals surface area contributed by atoms with Crippen molar-refractivity contribution in [3.8, 4) is 0 Å². The summed E-state index contributed by atoms with van der Waals surface area (Å²) < 4.78 is 0. The van der Waals surface area contributed by atoms with Gasteiger partial charge in [-0.15, -0.1) is 0 Å². The summed E-state index contributed by atoms with van der Waals surface area (Å²) in [7, 11) is 0. The van der Waals surface area contributed by atoms with Crippen molar-refractivity contribution in [2.75, 3.05) is 13.1 Å². The summed E-state index contributed by atoms with van der Waals surface area (Å²) >= 11 is 0. The van der Waals surface area contributed by atoms with Gasteiger partial charge in [-0.1, -0.05) is 30.3 Å². The lowest BCUT2D eigenvalue weighted by molar-refractivity contribution is -0.121. The second-order valence-electron chi connectivity index (χ2n) is 6.83. The molecule has 0 saturated carbocycles. The number of amides is 3. The third kappa shape index (κ3) is 4.68. The molecule has 0 saturated heterocycles. The molecule has 7 nitrogen and oxygen atoms in total. The lowest BCUT2D eigenvalue weighted by atomic mass is 10.0. The standard InChI is InChI=1S/C22H22N2O5/c25-19(12-11-15-7-1-2-8-16(15)22(28)29)23-13-5-6-14-24-20(26)17-9-3-4-10-18(17)21(24)27/h1-4,7-10H,5-6,11-14H2,(H,23,25)(H,28,29). The van der Waals surface area contributed by atoms with Crippen LogP contribution in [0.15, 0.2) is 48.5 Å². The highest BCUT2D eigenvalue weighted by atomic mass is 16.4. The molecule has 0 bridgehead atoms. The molecule has 3 amide bonds. The van der Waals surface area contributed by atoms with Gasteiger partial charge in [-0.2, -0.15) is 0 Å². The Morgan fingerprint density at radius 2 is 1.52 bits per heavy atom. The molecule has 2 aromatic carbocycles. The van der Waals surface area contributed by atoms with Gasteiger partial charge in [-0.3, -0.25) is 19.3 Å². The van der Waals surface area contributed by atoms with Gasteiger partial charge in [-0.05, 0) is 43.0 Å². The Balaban J connectivity index is 1.37. The van der Waals surface area contributed by atoms with Crippen LogP contribution in [-0.4, -0.2) is 46.8 Å². The van der Waals surface area contributed by atoms with E-state index >= 15 is 0 Å². The Hall–Kier alpha value is -3.48. The monoisotopic (exact) mass is 394 g/mol. The molecule has 0 atom stereocenters. The van der Waals surface area contributed by atoms with Crippen LogP contribution < -0.4 is 5.32 Å². The van der Waals surface area contributed by atoms with Gasteiger partial charge in [0.15, 0.2) is 0 Å². The number of unbranched alkanes of at least 4 members (excludes halogenated alkanes) is 1. The van der Waals surface area contributed by atoms with Crippen LogP contribution >= 0.6 is 0 Å². The molecule has 150 valence electrons. The van der Waals surface area contributed by atoms with Gasteiger partial charge in [-0.25, -0.2) is 4.79 Å². The van der Waals surface area contributed by atoms with Crippen molar-refractivity contribution in [3.63, 3.8) is 0 Å². The number of hydrogen-bond donors (Lipinski definition) is 2. The number of carbonyl (C=O) groups excluding carboxylic acids is 3. The zero-order valence-corrected chi connectivity index (χ0v) is 15.9. The minimum Gasteiger partial charge on any atom is -0.478 e. The molecule has 1 aliphatic heterocycles. The summed E-state index contributed by atoms with van der Waals surface area (Å²) in [6.45, 7) is 0.747. The van der Waals surface area contributed by atoms with Gasteiger partial charge in [0.05, 0.1) is 16.7 Å². The molecule has 29 heavy (non-hydrogen) atoms. The normalized spacial score (nSPS) is 12.8. The largest absolute Gasteiger partial charge is 0.478 e. The lowest BCUT2D eigenvalue weighted by Gasteiger charge is -2.13. The first-order chi connectivity index (χ1) is 14.0. The molecule has 2 aromatic rings.